The highest BCUT2D eigenvalue weighted by molar-refractivity contribution is 5.80. The van der Waals surface area contributed by atoms with Crippen LogP contribution in [0.2, 0.25) is 0 Å². The molecule has 0 aliphatic carbocycles. The SMILES string of the molecule is O=C(O)C1Cc2cc(C(F)(F)F)cnc2N1. The van der Waals surface area contributed by atoms with E-state index < -0.39 is 23.8 Å². The van der Waals surface area contributed by atoms with Gasteiger partial charge < -0.3 is 10.4 Å². The van der Waals surface area contributed by atoms with Crippen LogP contribution in [0.3, 0.4) is 0 Å². The second-order valence-electron chi connectivity index (χ2n) is 3.47. The standard InChI is InChI=1S/C9H7F3N2O2/c10-9(11,12)5-1-4-2-6(8(15)16)14-7(4)13-3-5/h1,3,6H,2H2,(H,13,14)(H,15,16). The van der Waals surface area contributed by atoms with Gasteiger partial charge >= 0.3 is 12.1 Å². The second-order valence-corrected chi connectivity index (χ2v) is 3.47. The average molecular weight is 232 g/mol. The van der Waals surface area contributed by atoms with E-state index in [4.69, 9.17) is 5.11 Å². The van der Waals surface area contributed by atoms with Crippen molar-refractivity contribution in [2.45, 2.75) is 18.6 Å². The fraction of sp³-hybridized carbons (Fsp3) is 0.333. The van der Waals surface area contributed by atoms with Gasteiger partial charge in [0.15, 0.2) is 0 Å². The van der Waals surface area contributed by atoms with Gasteiger partial charge in [0.25, 0.3) is 0 Å². The highest BCUT2D eigenvalue weighted by Gasteiger charge is 2.34. The molecule has 7 heteroatoms. The summed E-state index contributed by atoms with van der Waals surface area (Å²) in [7, 11) is 0. The molecule has 2 N–H and O–H groups in total. The molecule has 0 aromatic carbocycles. The lowest BCUT2D eigenvalue weighted by molar-refractivity contribution is -0.138. The maximum absolute atomic E-state index is 12.3. The first-order valence-electron chi connectivity index (χ1n) is 4.43. The van der Waals surface area contributed by atoms with Crippen LogP contribution >= 0.6 is 0 Å². The Bertz CT molecular complexity index is 445. The number of anilines is 1. The quantitative estimate of drug-likeness (QED) is 0.770. The smallest absolute Gasteiger partial charge is 0.417 e. The van der Waals surface area contributed by atoms with Crippen molar-refractivity contribution in [2.75, 3.05) is 5.32 Å². The van der Waals surface area contributed by atoms with E-state index in [-0.39, 0.29) is 17.8 Å². The third-order valence-electron chi connectivity index (χ3n) is 2.33. The number of nitrogens with one attached hydrogen (secondary N) is 1. The van der Waals surface area contributed by atoms with E-state index >= 15 is 0 Å². The summed E-state index contributed by atoms with van der Waals surface area (Å²) in [6, 6.07) is 0.0316. The zero-order valence-electron chi connectivity index (χ0n) is 7.88. The Hall–Kier alpha value is -1.79. The van der Waals surface area contributed by atoms with Crippen molar-refractivity contribution in [3.8, 4) is 0 Å². The monoisotopic (exact) mass is 232 g/mol. The Morgan fingerprint density at radius 1 is 1.56 bits per heavy atom. The molecular weight excluding hydrogens is 225 g/mol. The number of carboxylic acid groups (broad SMARTS) is 1. The lowest BCUT2D eigenvalue weighted by atomic mass is 10.1. The van der Waals surface area contributed by atoms with Crippen molar-refractivity contribution < 1.29 is 23.1 Å². The van der Waals surface area contributed by atoms with Gasteiger partial charge in [-0.05, 0) is 11.6 Å². The zero-order valence-corrected chi connectivity index (χ0v) is 7.88. The van der Waals surface area contributed by atoms with Gasteiger partial charge in [-0.15, -0.1) is 0 Å². The lowest BCUT2D eigenvalue weighted by Crippen LogP contribution is -2.26. The molecule has 16 heavy (non-hydrogen) atoms. The molecule has 0 amide bonds. The number of aromatic nitrogens is 1. The summed E-state index contributed by atoms with van der Waals surface area (Å²) in [6.07, 6.45) is -3.75. The van der Waals surface area contributed by atoms with Crippen LogP contribution in [0.5, 0.6) is 0 Å². The molecule has 2 rings (SSSR count). The normalized spacial score (nSPS) is 19.1. The minimum absolute atomic E-state index is 0.0155. The number of hydrogen-bond donors (Lipinski definition) is 2. The van der Waals surface area contributed by atoms with Crippen molar-refractivity contribution >= 4 is 11.8 Å². The number of halogens is 3. The van der Waals surface area contributed by atoms with Crippen LogP contribution in [-0.4, -0.2) is 22.1 Å². The Labute approximate surface area is 88.1 Å². The topological polar surface area (TPSA) is 62.2 Å². The molecule has 0 bridgehead atoms. The molecule has 0 radical (unpaired) electrons. The van der Waals surface area contributed by atoms with E-state index in [1.807, 2.05) is 0 Å². The summed E-state index contributed by atoms with van der Waals surface area (Å²) < 4.78 is 37.0. The third kappa shape index (κ3) is 1.80. The Kier molecular flexibility index (Phi) is 2.25. The fourth-order valence-electron chi connectivity index (χ4n) is 1.54. The van der Waals surface area contributed by atoms with Gasteiger partial charge in [-0.1, -0.05) is 0 Å². The molecule has 1 atom stereocenters. The van der Waals surface area contributed by atoms with Gasteiger partial charge in [0, 0.05) is 12.6 Å². The number of alkyl halides is 3. The first-order valence-corrected chi connectivity index (χ1v) is 4.43. The molecule has 0 fully saturated rings. The molecule has 1 unspecified atom stereocenters. The highest BCUT2D eigenvalue weighted by Crippen LogP contribution is 2.33. The number of carboxylic acids is 1. The molecule has 4 nitrogen and oxygen atoms in total. The number of carbonyl (C=O) groups is 1. The number of aliphatic carboxylic acids is 1. The van der Waals surface area contributed by atoms with Crippen LogP contribution in [0.4, 0.5) is 19.0 Å². The maximum atomic E-state index is 12.3. The van der Waals surface area contributed by atoms with E-state index in [1.54, 1.807) is 0 Å². The molecule has 1 aliphatic heterocycles. The second kappa shape index (κ2) is 3.36. The summed E-state index contributed by atoms with van der Waals surface area (Å²) in [5.41, 5.74) is -0.582. The molecule has 86 valence electrons. The number of rotatable bonds is 1. The van der Waals surface area contributed by atoms with Crippen molar-refractivity contribution in [2.24, 2.45) is 0 Å². The predicted molar refractivity (Wildman–Crippen MR) is 48.0 cm³/mol. The van der Waals surface area contributed by atoms with Crippen molar-refractivity contribution in [1.29, 1.82) is 0 Å². The van der Waals surface area contributed by atoms with Crippen molar-refractivity contribution in [3.63, 3.8) is 0 Å². The van der Waals surface area contributed by atoms with Gasteiger partial charge in [0.05, 0.1) is 5.56 Å². The predicted octanol–water partition coefficient (Wildman–Crippen LogP) is 1.52. The zero-order chi connectivity index (χ0) is 11.9. The Morgan fingerprint density at radius 2 is 2.25 bits per heavy atom. The molecule has 1 aliphatic rings. The number of fused-ring (bicyclic) bond motifs is 1. The summed E-state index contributed by atoms with van der Waals surface area (Å²) >= 11 is 0. The van der Waals surface area contributed by atoms with Crippen LogP contribution in [0.25, 0.3) is 0 Å². The minimum Gasteiger partial charge on any atom is -0.480 e. The Morgan fingerprint density at radius 3 is 2.81 bits per heavy atom. The van der Waals surface area contributed by atoms with E-state index in [2.05, 4.69) is 10.3 Å². The summed E-state index contributed by atoms with van der Waals surface area (Å²) in [5, 5.41) is 11.2. The fourth-order valence-corrected chi connectivity index (χ4v) is 1.54. The number of hydrogen-bond acceptors (Lipinski definition) is 3. The first kappa shape index (κ1) is 10.7. The van der Waals surface area contributed by atoms with Gasteiger partial charge in [0.2, 0.25) is 0 Å². The molecule has 0 saturated heterocycles. The van der Waals surface area contributed by atoms with Crippen LogP contribution in [0.15, 0.2) is 12.3 Å². The van der Waals surface area contributed by atoms with Gasteiger partial charge in [-0.3, -0.25) is 0 Å². The number of nitrogens with zero attached hydrogens (tertiary/aromatic N) is 1. The summed E-state index contributed by atoms with van der Waals surface area (Å²) in [5.74, 6) is -0.896. The van der Waals surface area contributed by atoms with Gasteiger partial charge in [0.1, 0.15) is 11.9 Å². The van der Waals surface area contributed by atoms with Crippen molar-refractivity contribution in [3.05, 3.63) is 23.4 Å². The van der Waals surface area contributed by atoms with Crippen LogP contribution in [-0.2, 0) is 17.4 Å². The van der Waals surface area contributed by atoms with E-state index in [0.717, 1.165) is 6.07 Å². The van der Waals surface area contributed by atoms with Crippen LogP contribution in [0, 0.1) is 0 Å². The molecule has 0 saturated carbocycles. The van der Waals surface area contributed by atoms with Crippen molar-refractivity contribution in [1.82, 2.24) is 4.98 Å². The highest BCUT2D eigenvalue weighted by atomic mass is 19.4. The van der Waals surface area contributed by atoms with Gasteiger partial charge in [-0.2, -0.15) is 13.2 Å². The lowest BCUT2D eigenvalue weighted by Gasteiger charge is -2.07. The van der Waals surface area contributed by atoms with Crippen LogP contribution < -0.4 is 5.32 Å². The van der Waals surface area contributed by atoms with E-state index in [9.17, 15) is 18.0 Å². The van der Waals surface area contributed by atoms with E-state index in [1.165, 1.54) is 0 Å². The largest absolute Gasteiger partial charge is 0.480 e. The Balaban J connectivity index is 2.31. The first-order chi connectivity index (χ1) is 7.38. The van der Waals surface area contributed by atoms with E-state index in [0.29, 0.717) is 6.20 Å². The third-order valence-corrected chi connectivity index (χ3v) is 2.33. The summed E-state index contributed by atoms with van der Waals surface area (Å²) in [6.45, 7) is 0. The molecule has 1 aromatic rings. The molecular formula is C9H7F3N2O2. The number of pyridine rings is 1. The average Bonchev–Trinajstić information content (AvgIpc) is 2.58. The summed E-state index contributed by atoms with van der Waals surface area (Å²) in [4.78, 5) is 14.2. The minimum atomic E-state index is -4.46. The van der Waals surface area contributed by atoms with Gasteiger partial charge in [-0.25, -0.2) is 9.78 Å². The molecule has 1 aromatic heterocycles. The van der Waals surface area contributed by atoms with Crippen LogP contribution in [0.1, 0.15) is 11.1 Å². The molecule has 2 heterocycles. The molecule has 0 spiro atoms. The maximum Gasteiger partial charge on any atom is 0.417 e.